The number of halogens is 3. The first-order valence-electron chi connectivity index (χ1n) is 4.87. The number of nitrogens with zero attached hydrogens (tertiary/aromatic N) is 3. The normalized spacial score (nSPS) is 11.3. The van der Waals surface area contributed by atoms with Gasteiger partial charge in [-0.05, 0) is 6.07 Å². The van der Waals surface area contributed by atoms with Crippen molar-refractivity contribution in [2.24, 2.45) is 0 Å². The number of alkyl halides is 3. The average molecular weight is 265 g/mol. The van der Waals surface area contributed by atoms with E-state index in [0.29, 0.717) is 4.90 Å². The van der Waals surface area contributed by atoms with Crippen LogP contribution in [0.2, 0.25) is 0 Å². The van der Waals surface area contributed by atoms with Crippen LogP contribution >= 0.6 is 0 Å². The third-order valence-corrected chi connectivity index (χ3v) is 2.00. The Kier molecular flexibility index (Phi) is 4.43. The topological polar surface area (TPSA) is 79.5 Å². The van der Waals surface area contributed by atoms with Crippen molar-refractivity contribution >= 4 is 11.5 Å². The fourth-order valence-corrected chi connectivity index (χ4v) is 1.37. The summed E-state index contributed by atoms with van der Waals surface area (Å²) in [6, 6.07) is 2.31. The molecule has 1 heterocycles. The number of aromatic nitrogens is 1. The smallest absolute Gasteiger partial charge is 0.395 e. The summed E-state index contributed by atoms with van der Waals surface area (Å²) in [6.07, 6.45) is -3.39. The van der Waals surface area contributed by atoms with Gasteiger partial charge in [-0.15, -0.1) is 0 Å². The molecule has 18 heavy (non-hydrogen) atoms. The van der Waals surface area contributed by atoms with Gasteiger partial charge in [0.25, 0.3) is 0 Å². The van der Waals surface area contributed by atoms with Gasteiger partial charge in [-0.2, -0.15) is 13.2 Å². The van der Waals surface area contributed by atoms with Crippen molar-refractivity contribution in [2.45, 2.75) is 6.18 Å². The lowest BCUT2D eigenvalue weighted by Crippen LogP contribution is -2.37. The van der Waals surface area contributed by atoms with E-state index in [9.17, 15) is 23.3 Å². The number of anilines is 1. The minimum absolute atomic E-state index is 0.392. The van der Waals surface area contributed by atoms with Crippen LogP contribution in [0.1, 0.15) is 0 Å². The SMILES string of the molecule is O=[N+]([O-])c1cccnc1N(CCO)CC(F)(F)F. The minimum atomic E-state index is -4.54. The molecular formula is C9H10F3N3O3. The molecule has 0 radical (unpaired) electrons. The number of nitro groups is 1. The largest absolute Gasteiger partial charge is 0.405 e. The van der Waals surface area contributed by atoms with Crippen molar-refractivity contribution in [1.82, 2.24) is 4.98 Å². The third kappa shape index (κ3) is 3.84. The Bertz CT molecular complexity index is 425. The molecule has 0 aromatic carbocycles. The Morgan fingerprint density at radius 1 is 1.50 bits per heavy atom. The zero-order chi connectivity index (χ0) is 13.8. The molecule has 0 aliphatic carbocycles. The van der Waals surface area contributed by atoms with Crippen LogP contribution in [0.25, 0.3) is 0 Å². The maximum atomic E-state index is 12.3. The predicted molar refractivity (Wildman–Crippen MR) is 56.2 cm³/mol. The second kappa shape index (κ2) is 5.63. The molecule has 9 heteroatoms. The number of hydrogen-bond acceptors (Lipinski definition) is 5. The Morgan fingerprint density at radius 2 is 2.17 bits per heavy atom. The van der Waals surface area contributed by atoms with Crippen LogP contribution in [-0.2, 0) is 0 Å². The van der Waals surface area contributed by atoms with Crippen LogP contribution in [0.4, 0.5) is 24.7 Å². The molecule has 0 amide bonds. The number of aliphatic hydroxyl groups excluding tert-OH is 1. The van der Waals surface area contributed by atoms with Crippen LogP contribution < -0.4 is 4.90 Å². The maximum Gasteiger partial charge on any atom is 0.405 e. The maximum absolute atomic E-state index is 12.3. The summed E-state index contributed by atoms with van der Waals surface area (Å²) in [4.78, 5) is 14.1. The molecule has 0 aliphatic rings. The van der Waals surface area contributed by atoms with Crippen LogP contribution in [-0.4, -0.2) is 40.9 Å². The van der Waals surface area contributed by atoms with Crippen molar-refractivity contribution in [3.05, 3.63) is 28.4 Å². The second-order valence-corrected chi connectivity index (χ2v) is 3.36. The van der Waals surface area contributed by atoms with Gasteiger partial charge in [-0.3, -0.25) is 10.1 Å². The molecule has 1 rings (SSSR count). The summed E-state index contributed by atoms with van der Waals surface area (Å²) < 4.78 is 37.0. The summed E-state index contributed by atoms with van der Waals surface area (Å²) in [5.74, 6) is -0.408. The zero-order valence-corrected chi connectivity index (χ0v) is 9.09. The van der Waals surface area contributed by atoms with E-state index in [2.05, 4.69) is 4.98 Å². The van der Waals surface area contributed by atoms with Gasteiger partial charge in [-0.25, -0.2) is 4.98 Å². The zero-order valence-electron chi connectivity index (χ0n) is 9.09. The van der Waals surface area contributed by atoms with Gasteiger partial charge >= 0.3 is 11.9 Å². The lowest BCUT2D eigenvalue weighted by atomic mass is 10.3. The Labute approximate surface area is 99.8 Å². The highest BCUT2D eigenvalue weighted by Gasteiger charge is 2.33. The highest BCUT2D eigenvalue weighted by Crippen LogP contribution is 2.27. The van der Waals surface area contributed by atoms with E-state index in [-0.39, 0.29) is 0 Å². The number of rotatable bonds is 5. The van der Waals surface area contributed by atoms with Crippen LogP contribution in [0, 0.1) is 10.1 Å². The third-order valence-electron chi connectivity index (χ3n) is 2.00. The van der Waals surface area contributed by atoms with E-state index in [4.69, 9.17) is 5.11 Å². The summed E-state index contributed by atoms with van der Waals surface area (Å²) in [6.45, 7) is -2.37. The Morgan fingerprint density at radius 3 is 2.67 bits per heavy atom. The van der Waals surface area contributed by atoms with E-state index in [0.717, 1.165) is 12.3 Å². The standard InChI is InChI=1S/C9H10F3N3O3/c10-9(11,12)6-14(4-5-16)8-7(15(17)18)2-1-3-13-8/h1-3,16H,4-6H2. The number of hydrogen-bond donors (Lipinski definition) is 1. The van der Waals surface area contributed by atoms with Crippen molar-refractivity contribution in [2.75, 3.05) is 24.6 Å². The number of pyridine rings is 1. The molecule has 0 saturated carbocycles. The fraction of sp³-hybridized carbons (Fsp3) is 0.444. The fourth-order valence-electron chi connectivity index (χ4n) is 1.37. The molecule has 0 fully saturated rings. The van der Waals surface area contributed by atoms with E-state index < -0.39 is 42.3 Å². The molecule has 100 valence electrons. The van der Waals surface area contributed by atoms with Gasteiger partial charge in [0, 0.05) is 18.8 Å². The van der Waals surface area contributed by atoms with Crippen LogP contribution in [0.3, 0.4) is 0 Å². The van der Waals surface area contributed by atoms with Gasteiger partial charge in [0.05, 0.1) is 11.5 Å². The first kappa shape index (κ1) is 14.2. The molecule has 6 nitrogen and oxygen atoms in total. The van der Waals surface area contributed by atoms with E-state index in [1.54, 1.807) is 0 Å². The molecule has 1 N–H and O–H groups in total. The van der Waals surface area contributed by atoms with Gasteiger partial charge in [0.2, 0.25) is 5.82 Å². The molecule has 0 saturated heterocycles. The highest BCUT2D eigenvalue weighted by molar-refractivity contribution is 5.57. The molecule has 1 aromatic heterocycles. The molecule has 0 aliphatic heterocycles. The predicted octanol–water partition coefficient (Wildman–Crippen LogP) is 1.35. The Balaban J connectivity index is 3.09. The average Bonchev–Trinajstić information content (AvgIpc) is 2.26. The van der Waals surface area contributed by atoms with Gasteiger partial charge in [0.1, 0.15) is 6.54 Å². The van der Waals surface area contributed by atoms with Crippen molar-refractivity contribution in [1.29, 1.82) is 0 Å². The van der Waals surface area contributed by atoms with Gasteiger partial charge in [-0.1, -0.05) is 0 Å². The summed E-state index contributed by atoms with van der Waals surface area (Å²) in [5.41, 5.74) is -0.532. The van der Waals surface area contributed by atoms with Crippen molar-refractivity contribution in [3.8, 4) is 0 Å². The second-order valence-electron chi connectivity index (χ2n) is 3.36. The van der Waals surface area contributed by atoms with Crippen molar-refractivity contribution in [3.63, 3.8) is 0 Å². The molecule has 1 aromatic rings. The summed E-state index contributed by atoms with van der Waals surface area (Å²) in [5, 5.41) is 19.4. The molecule has 0 spiro atoms. The molecule has 0 atom stereocenters. The first-order valence-corrected chi connectivity index (χ1v) is 4.87. The number of aliphatic hydroxyl groups is 1. The van der Waals surface area contributed by atoms with Gasteiger partial charge < -0.3 is 10.0 Å². The van der Waals surface area contributed by atoms with E-state index in [1.807, 2.05) is 0 Å². The molecule has 0 bridgehead atoms. The minimum Gasteiger partial charge on any atom is -0.395 e. The van der Waals surface area contributed by atoms with Crippen LogP contribution in [0.5, 0.6) is 0 Å². The van der Waals surface area contributed by atoms with Crippen molar-refractivity contribution < 1.29 is 23.2 Å². The van der Waals surface area contributed by atoms with Crippen LogP contribution in [0.15, 0.2) is 18.3 Å². The van der Waals surface area contributed by atoms with Gasteiger partial charge in [0.15, 0.2) is 0 Å². The molecular weight excluding hydrogens is 255 g/mol. The monoisotopic (exact) mass is 265 g/mol. The highest BCUT2D eigenvalue weighted by atomic mass is 19.4. The lowest BCUT2D eigenvalue weighted by Gasteiger charge is -2.23. The quantitative estimate of drug-likeness (QED) is 0.642. The lowest BCUT2D eigenvalue weighted by molar-refractivity contribution is -0.384. The Hall–Kier alpha value is -1.90. The summed E-state index contributed by atoms with van der Waals surface area (Å²) >= 11 is 0. The summed E-state index contributed by atoms with van der Waals surface area (Å²) in [7, 11) is 0. The molecule has 0 unspecified atom stereocenters. The first-order chi connectivity index (χ1) is 8.35. The van der Waals surface area contributed by atoms with E-state index in [1.165, 1.54) is 6.07 Å². The van der Waals surface area contributed by atoms with E-state index >= 15 is 0 Å².